The SMILES string of the molecule is COc1ccccc1-c1nccc(COc2ccccc2C[C@@H](Oc2nsc3cnc(-c4ccccn4)c(-c4ccc(OCCN5CCN(C)CC5)c(Cl)c4C)c23)C(=O)O)n1. The molecule has 1 aliphatic rings. The van der Waals surface area contributed by atoms with Crippen LogP contribution in [0.15, 0.2) is 104 Å². The van der Waals surface area contributed by atoms with Gasteiger partial charge in [0.15, 0.2) is 5.82 Å². The Morgan fingerprint density at radius 1 is 0.869 bits per heavy atom. The molecule has 0 bridgehead atoms. The van der Waals surface area contributed by atoms with Gasteiger partial charge >= 0.3 is 5.97 Å². The van der Waals surface area contributed by atoms with Gasteiger partial charge in [-0.2, -0.15) is 4.37 Å². The molecule has 1 aliphatic heterocycles. The number of piperazine rings is 1. The highest BCUT2D eigenvalue weighted by Gasteiger charge is 2.28. The number of aliphatic carboxylic acids is 1. The molecular weight excluding hydrogens is 814 g/mol. The van der Waals surface area contributed by atoms with Gasteiger partial charge < -0.3 is 29.0 Å². The fourth-order valence-corrected chi connectivity index (χ4v) is 8.18. The minimum atomic E-state index is -1.33. The number of methoxy groups -OCH3 is 1. The van der Waals surface area contributed by atoms with E-state index in [0.29, 0.717) is 73.0 Å². The predicted molar refractivity (Wildman–Crippen MR) is 236 cm³/mol. The quantitative estimate of drug-likeness (QED) is 0.1000. The van der Waals surface area contributed by atoms with Crippen molar-refractivity contribution >= 4 is 39.2 Å². The Labute approximate surface area is 362 Å². The van der Waals surface area contributed by atoms with Gasteiger partial charge in [0.25, 0.3) is 0 Å². The topological polar surface area (TPSA) is 145 Å². The summed E-state index contributed by atoms with van der Waals surface area (Å²) in [6.45, 7) is 7.41. The number of para-hydroxylation sites is 2. The first-order valence-corrected chi connectivity index (χ1v) is 21.0. The summed E-state index contributed by atoms with van der Waals surface area (Å²) in [5.41, 5.74) is 5.43. The van der Waals surface area contributed by atoms with E-state index in [2.05, 4.69) is 31.2 Å². The van der Waals surface area contributed by atoms with E-state index in [9.17, 15) is 9.90 Å². The zero-order chi connectivity index (χ0) is 42.3. The molecule has 3 aromatic carbocycles. The van der Waals surface area contributed by atoms with E-state index in [1.165, 1.54) is 11.5 Å². The number of likely N-dealkylation sites (N-methyl/N-ethyl adjacent to an activating group) is 1. The Hall–Kier alpha value is -6.19. The van der Waals surface area contributed by atoms with Crippen LogP contribution in [0, 0.1) is 6.92 Å². The van der Waals surface area contributed by atoms with E-state index in [1.807, 2.05) is 79.7 Å². The Balaban J connectivity index is 1.07. The number of halogens is 1. The van der Waals surface area contributed by atoms with Crippen molar-refractivity contribution in [2.45, 2.75) is 26.1 Å². The molecule has 5 heterocycles. The van der Waals surface area contributed by atoms with Crippen molar-refractivity contribution < 1.29 is 28.8 Å². The molecule has 1 saturated heterocycles. The standard InChI is InChI=1S/C46H44ClN7O6S/c1-29-32(15-16-37(42(29)47)58-25-24-54-22-20-53(2)21-23-54)40-41-39(27-50-43(40)34-12-8-9-18-48-34)61-52-45(41)60-38(46(55)56)26-30-10-4-6-13-35(30)59-28-31-17-19-49-44(51-31)33-11-5-7-14-36(33)57-3/h4-19,27,38H,20-26,28H2,1-3H3,(H,55,56)/t38-/m1/s1. The molecule has 0 unspecified atom stereocenters. The summed E-state index contributed by atoms with van der Waals surface area (Å²) in [7, 11) is 3.74. The lowest BCUT2D eigenvalue weighted by atomic mass is 9.94. The van der Waals surface area contributed by atoms with Gasteiger partial charge in [-0.15, -0.1) is 0 Å². The molecule has 4 aromatic heterocycles. The van der Waals surface area contributed by atoms with Crippen molar-refractivity contribution in [1.29, 1.82) is 0 Å². The molecule has 7 aromatic rings. The predicted octanol–water partition coefficient (Wildman–Crippen LogP) is 8.13. The molecule has 1 atom stereocenters. The van der Waals surface area contributed by atoms with Gasteiger partial charge in [-0.3, -0.25) is 14.9 Å². The maximum absolute atomic E-state index is 13.0. The van der Waals surface area contributed by atoms with Crippen LogP contribution in [0.2, 0.25) is 5.02 Å². The van der Waals surface area contributed by atoms with Gasteiger partial charge in [-0.05, 0) is 84.7 Å². The van der Waals surface area contributed by atoms with E-state index >= 15 is 0 Å². The molecule has 1 fully saturated rings. The average Bonchev–Trinajstić information content (AvgIpc) is 3.70. The van der Waals surface area contributed by atoms with Crippen LogP contribution in [0.4, 0.5) is 0 Å². The fraction of sp³-hybridized carbons (Fsp3) is 0.261. The zero-order valence-corrected chi connectivity index (χ0v) is 35.5. The van der Waals surface area contributed by atoms with Gasteiger partial charge in [0.05, 0.1) is 44.9 Å². The summed E-state index contributed by atoms with van der Waals surface area (Å²) < 4.78 is 29.8. The number of carboxylic acids is 1. The van der Waals surface area contributed by atoms with Crippen LogP contribution in [0.25, 0.3) is 44.0 Å². The minimum absolute atomic E-state index is 0.0146. The van der Waals surface area contributed by atoms with Gasteiger partial charge in [0, 0.05) is 63.3 Å². The highest BCUT2D eigenvalue weighted by Crippen LogP contribution is 2.46. The third-order valence-corrected chi connectivity index (χ3v) is 11.9. The van der Waals surface area contributed by atoms with Crippen LogP contribution in [0.1, 0.15) is 16.8 Å². The smallest absolute Gasteiger partial charge is 0.345 e. The summed E-state index contributed by atoms with van der Waals surface area (Å²) in [6, 6.07) is 26.0. The summed E-state index contributed by atoms with van der Waals surface area (Å²) in [5.74, 6) is 1.24. The Morgan fingerprint density at radius 3 is 2.44 bits per heavy atom. The second-order valence-corrected chi connectivity index (χ2v) is 15.8. The molecule has 15 heteroatoms. The number of carbonyl (C=O) groups is 1. The zero-order valence-electron chi connectivity index (χ0n) is 34.0. The Morgan fingerprint density at radius 2 is 1.66 bits per heavy atom. The molecule has 1 N–H and O–H groups in total. The molecule has 0 amide bonds. The van der Waals surface area contributed by atoms with Crippen molar-refractivity contribution in [3.05, 3.63) is 125 Å². The number of carboxylic acid groups (broad SMARTS) is 1. The minimum Gasteiger partial charge on any atom is -0.496 e. The van der Waals surface area contributed by atoms with Crippen molar-refractivity contribution in [2.24, 2.45) is 0 Å². The molecular formula is C46H44ClN7O6S. The monoisotopic (exact) mass is 857 g/mol. The second-order valence-electron chi connectivity index (χ2n) is 14.6. The molecule has 0 saturated carbocycles. The van der Waals surface area contributed by atoms with E-state index in [0.717, 1.165) is 49.4 Å². The van der Waals surface area contributed by atoms with Crippen LogP contribution >= 0.6 is 23.1 Å². The van der Waals surface area contributed by atoms with Crippen molar-refractivity contribution in [3.8, 4) is 57.0 Å². The molecule has 13 nitrogen and oxygen atoms in total. The van der Waals surface area contributed by atoms with Crippen LogP contribution < -0.4 is 18.9 Å². The number of benzene rings is 3. The third-order valence-electron chi connectivity index (χ3n) is 10.6. The lowest BCUT2D eigenvalue weighted by Crippen LogP contribution is -2.45. The van der Waals surface area contributed by atoms with E-state index in [-0.39, 0.29) is 18.9 Å². The molecule has 61 heavy (non-hydrogen) atoms. The number of fused-ring (bicyclic) bond motifs is 1. The molecule has 8 rings (SSSR count). The first-order valence-electron chi connectivity index (χ1n) is 19.9. The highest BCUT2D eigenvalue weighted by molar-refractivity contribution is 7.13. The maximum atomic E-state index is 13.0. The van der Waals surface area contributed by atoms with Crippen LogP contribution in [0.3, 0.4) is 0 Å². The van der Waals surface area contributed by atoms with Crippen LogP contribution in [0.5, 0.6) is 23.1 Å². The lowest BCUT2D eigenvalue weighted by Gasteiger charge is -2.32. The lowest BCUT2D eigenvalue weighted by molar-refractivity contribution is -0.145. The number of rotatable bonds is 16. The number of hydrogen-bond acceptors (Lipinski definition) is 13. The van der Waals surface area contributed by atoms with Gasteiger partial charge in [0.2, 0.25) is 12.0 Å². The highest BCUT2D eigenvalue weighted by atomic mass is 35.5. The van der Waals surface area contributed by atoms with Crippen LogP contribution in [-0.4, -0.2) is 105 Å². The van der Waals surface area contributed by atoms with E-state index < -0.39 is 12.1 Å². The summed E-state index contributed by atoms with van der Waals surface area (Å²) in [5, 5.41) is 11.7. The second kappa shape index (κ2) is 19.0. The number of ether oxygens (including phenoxy) is 4. The first kappa shape index (κ1) is 41.5. The normalized spacial score (nSPS) is 13.8. The van der Waals surface area contributed by atoms with Crippen molar-refractivity contribution in [1.82, 2.24) is 34.1 Å². The summed E-state index contributed by atoms with van der Waals surface area (Å²) in [6.07, 6.45) is 3.75. The average molecular weight is 858 g/mol. The fourth-order valence-electron chi connectivity index (χ4n) is 7.26. The van der Waals surface area contributed by atoms with Crippen molar-refractivity contribution in [2.75, 3.05) is 53.5 Å². The number of aromatic nitrogens is 5. The van der Waals surface area contributed by atoms with E-state index in [1.54, 1.807) is 37.8 Å². The largest absolute Gasteiger partial charge is 0.496 e. The van der Waals surface area contributed by atoms with Gasteiger partial charge in [0.1, 0.15) is 30.5 Å². The molecule has 0 spiro atoms. The van der Waals surface area contributed by atoms with Gasteiger partial charge in [-0.25, -0.2) is 14.8 Å². The summed E-state index contributed by atoms with van der Waals surface area (Å²) >= 11 is 8.24. The van der Waals surface area contributed by atoms with Gasteiger partial charge in [-0.1, -0.05) is 54.1 Å². The van der Waals surface area contributed by atoms with Crippen LogP contribution in [-0.2, 0) is 17.8 Å². The van der Waals surface area contributed by atoms with Crippen molar-refractivity contribution in [3.63, 3.8) is 0 Å². The molecule has 0 radical (unpaired) electrons. The first-order chi connectivity index (χ1) is 29.8. The van der Waals surface area contributed by atoms with E-state index in [4.69, 9.17) is 40.5 Å². The number of nitrogens with zero attached hydrogens (tertiary/aromatic N) is 7. The summed E-state index contributed by atoms with van der Waals surface area (Å²) in [4.78, 5) is 36.3. The number of pyridine rings is 2. The Bertz CT molecular complexity index is 2640. The number of hydrogen-bond donors (Lipinski definition) is 1. The Kier molecular flexibility index (Phi) is 13.0. The molecule has 312 valence electrons. The maximum Gasteiger partial charge on any atom is 0.345 e. The third kappa shape index (κ3) is 9.42. The molecule has 0 aliphatic carbocycles.